The van der Waals surface area contributed by atoms with Crippen LogP contribution in [0.15, 0.2) is 16.3 Å². The smallest absolute Gasteiger partial charge is 0.347 e. The lowest BCUT2D eigenvalue weighted by atomic mass is 10.4. The van der Waals surface area contributed by atoms with Crippen LogP contribution < -0.4 is 4.72 Å². The first-order chi connectivity index (χ1) is 9.21. The first-order valence-corrected chi connectivity index (χ1v) is 8.20. The van der Waals surface area contributed by atoms with Gasteiger partial charge in [0.15, 0.2) is 5.79 Å². The van der Waals surface area contributed by atoms with Gasteiger partial charge in [0.25, 0.3) is 0 Å². The summed E-state index contributed by atoms with van der Waals surface area (Å²) in [5.74, 6) is -1.99. The topological polar surface area (TPSA) is 102 Å². The number of carboxylic acids is 1. The molecule has 0 aromatic carbocycles. The van der Waals surface area contributed by atoms with Gasteiger partial charge in [-0.1, -0.05) is 0 Å². The van der Waals surface area contributed by atoms with Crippen LogP contribution in [0.2, 0.25) is 0 Å². The molecule has 0 aliphatic carbocycles. The Kier molecular flexibility index (Phi) is 4.17. The zero-order valence-corrected chi connectivity index (χ0v) is 12.6. The molecule has 20 heavy (non-hydrogen) atoms. The van der Waals surface area contributed by atoms with E-state index < -0.39 is 27.9 Å². The number of hydrogen-bond donors (Lipinski definition) is 2. The maximum Gasteiger partial charge on any atom is 0.347 e. The molecular weight excluding hydrogens is 306 g/mol. The number of carbonyl (C=O) groups is 1. The lowest BCUT2D eigenvalue weighted by molar-refractivity contribution is -0.137. The zero-order valence-electron chi connectivity index (χ0n) is 11.0. The standard InChI is InChI=1S/C11H15NO6S2/c1-11(2)17-6-7(18-11)5-12-20(15,16)8-3-4-19-9(8)10(13)14/h3-4,7,12H,5-6H2,1-2H3,(H,13,14). The highest BCUT2D eigenvalue weighted by Gasteiger charge is 2.33. The van der Waals surface area contributed by atoms with Crippen molar-refractivity contribution in [1.29, 1.82) is 0 Å². The van der Waals surface area contributed by atoms with Crippen molar-refractivity contribution in [3.63, 3.8) is 0 Å². The first kappa shape index (κ1) is 15.4. The van der Waals surface area contributed by atoms with E-state index in [2.05, 4.69) is 4.72 Å². The third-order valence-electron chi connectivity index (χ3n) is 2.68. The van der Waals surface area contributed by atoms with E-state index >= 15 is 0 Å². The molecule has 1 unspecified atom stereocenters. The van der Waals surface area contributed by atoms with E-state index in [0.29, 0.717) is 0 Å². The number of ether oxygens (including phenoxy) is 2. The monoisotopic (exact) mass is 321 g/mol. The zero-order chi connectivity index (χ0) is 15.0. The normalized spacial score (nSPS) is 22.0. The second-order valence-electron chi connectivity index (χ2n) is 4.72. The van der Waals surface area contributed by atoms with E-state index in [-0.39, 0.29) is 22.9 Å². The number of carboxylic acid groups (broad SMARTS) is 1. The van der Waals surface area contributed by atoms with E-state index in [1.807, 2.05) is 0 Å². The molecule has 1 saturated heterocycles. The SMILES string of the molecule is CC1(C)OCC(CNS(=O)(=O)c2ccsc2C(=O)O)O1. The molecule has 0 bridgehead atoms. The van der Waals surface area contributed by atoms with E-state index in [0.717, 1.165) is 11.3 Å². The summed E-state index contributed by atoms with van der Waals surface area (Å²) in [7, 11) is -3.87. The van der Waals surface area contributed by atoms with Crippen LogP contribution in [0.25, 0.3) is 0 Å². The summed E-state index contributed by atoms with van der Waals surface area (Å²) in [4.78, 5) is 10.5. The summed E-state index contributed by atoms with van der Waals surface area (Å²) in [6, 6.07) is 1.27. The molecule has 112 valence electrons. The predicted octanol–water partition coefficient (Wildman–Crippen LogP) is 0.876. The lowest BCUT2D eigenvalue weighted by Crippen LogP contribution is -2.34. The second-order valence-corrected chi connectivity index (χ2v) is 7.37. The summed E-state index contributed by atoms with van der Waals surface area (Å²) in [6.45, 7) is 3.79. The third-order valence-corrected chi connectivity index (χ3v) is 5.18. The molecule has 2 rings (SSSR count). The number of nitrogens with one attached hydrogen (secondary N) is 1. The largest absolute Gasteiger partial charge is 0.477 e. The van der Waals surface area contributed by atoms with Crippen LogP contribution in [-0.4, -0.2) is 44.5 Å². The van der Waals surface area contributed by atoms with Gasteiger partial charge >= 0.3 is 5.97 Å². The molecule has 1 aliphatic heterocycles. The fourth-order valence-electron chi connectivity index (χ4n) is 1.81. The van der Waals surface area contributed by atoms with E-state index in [9.17, 15) is 13.2 Å². The van der Waals surface area contributed by atoms with Crippen LogP contribution in [0.4, 0.5) is 0 Å². The molecule has 1 fully saturated rings. The van der Waals surface area contributed by atoms with Gasteiger partial charge < -0.3 is 14.6 Å². The summed E-state index contributed by atoms with van der Waals surface area (Å²) in [6.07, 6.45) is -0.397. The van der Waals surface area contributed by atoms with Crippen molar-refractivity contribution in [3.8, 4) is 0 Å². The van der Waals surface area contributed by atoms with Crippen molar-refractivity contribution < 1.29 is 27.8 Å². The molecule has 1 aromatic heterocycles. The Balaban J connectivity index is 2.05. The lowest BCUT2D eigenvalue weighted by Gasteiger charge is -2.17. The van der Waals surface area contributed by atoms with Crippen LogP contribution in [0.5, 0.6) is 0 Å². The second kappa shape index (κ2) is 5.41. The van der Waals surface area contributed by atoms with Gasteiger partial charge in [0.2, 0.25) is 10.0 Å². The van der Waals surface area contributed by atoms with Gasteiger partial charge in [-0.05, 0) is 25.3 Å². The Morgan fingerprint density at radius 2 is 2.30 bits per heavy atom. The molecule has 0 saturated carbocycles. The Hall–Kier alpha value is -1.00. The number of rotatable bonds is 5. The van der Waals surface area contributed by atoms with Gasteiger partial charge in [0, 0.05) is 6.54 Å². The van der Waals surface area contributed by atoms with Crippen molar-refractivity contribution >= 4 is 27.3 Å². The molecule has 0 amide bonds. The average molecular weight is 321 g/mol. The maximum absolute atomic E-state index is 12.1. The third kappa shape index (κ3) is 3.36. The Bertz CT molecular complexity index is 606. The number of aromatic carboxylic acids is 1. The minimum absolute atomic E-state index is 0.0284. The summed E-state index contributed by atoms with van der Waals surface area (Å²) < 4.78 is 37.3. The molecule has 9 heteroatoms. The fraction of sp³-hybridized carbons (Fsp3) is 0.545. The molecule has 1 aromatic rings. The van der Waals surface area contributed by atoms with Crippen molar-refractivity contribution in [2.45, 2.75) is 30.6 Å². The van der Waals surface area contributed by atoms with Crippen LogP contribution in [-0.2, 0) is 19.5 Å². The number of sulfonamides is 1. The Morgan fingerprint density at radius 1 is 1.60 bits per heavy atom. The van der Waals surface area contributed by atoms with Gasteiger partial charge in [-0.3, -0.25) is 0 Å². The molecule has 1 aliphatic rings. The van der Waals surface area contributed by atoms with Crippen molar-refractivity contribution in [3.05, 3.63) is 16.3 Å². The van der Waals surface area contributed by atoms with Gasteiger partial charge in [-0.2, -0.15) is 0 Å². The average Bonchev–Trinajstić information content (AvgIpc) is 2.93. The molecule has 2 N–H and O–H groups in total. The van der Waals surface area contributed by atoms with E-state index in [1.165, 1.54) is 11.4 Å². The number of thiophene rings is 1. The predicted molar refractivity (Wildman–Crippen MR) is 71.4 cm³/mol. The van der Waals surface area contributed by atoms with Crippen LogP contribution >= 0.6 is 11.3 Å². The minimum atomic E-state index is -3.87. The Labute approximate surface area is 120 Å². The molecule has 0 radical (unpaired) electrons. The van der Waals surface area contributed by atoms with E-state index in [1.54, 1.807) is 13.8 Å². The molecule has 7 nitrogen and oxygen atoms in total. The highest BCUT2D eigenvalue weighted by molar-refractivity contribution is 7.89. The van der Waals surface area contributed by atoms with Crippen LogP contribution in [0.3, 0.4) is 0 Å². The highest BCUT2D eigenvalue weighted by Crippen LogP contribution is 2.24. The molecule has 2 heterocycles. The Morgan fingerprint density at radius 3 is 2.85 bits per heavy atom. The number of hydrogen-bond acceptors (Lipinski definition) is 6. The van der Waals surface area contributed by atoms with Crippen molar-refractivity contribution in [2.75, 3.05) is 13.2 Å². The molecular formula is C11H15NO6S2. The van der Waals surface area contributed by atoms with Crippen LogP contribution in [0, 0.1) is 0 Å². The van der Waals surface area contributed by atoms with Crippen molar-refractivity contribution in [2.24, 2.45) is 0 Å². The highest BCUT2D eigenvalue weighted by atomic mass is 32.2. The fourth-order valence-corrected chi connectivity index (χ4v) is 4.13. The molecule has 0 spiro atoms. The quantitative estimate of drug-likeness (QED) is 0.834. The van der Waals surface area contributed by atoms with E-state index in [4.69, 9.17) is 14.6 Å². The summed E-state index contributed by atoms with van der Waals surface area (Å²) in [5.41, 5.74) is 0. The van der Waals surface area contributed by atoms with Gasteiger partial charge in [0.1, 0.15) is 9.77 Å². The van der Waals surface area contributed by atoms with Gasteiger partial charge in [0.05, 0.1) is 12.7 Å². The minimum Gasteiger partial charge on any atom is -0.477 e. The molecule has 1 atom stereocenters. The summed E-state index contributed by atoms with van der Waals surface area (Å²) in [5, 5.41) is 10.4. The summed E-state index contributed by atoms with van der Waals surface area (Å²) >= 11 is 0.868. The van der Waals surface area contributed by atoms with Gasteiger partial charge in [-0.15, -0.1) is 11.3 Å². The maximum atomic E-state index is 12.1. The van der Waals surface area contributed by atoms with Gasteiger partial charge in [-0.25, -0.2) is 17.9 Å². The van der Waals surface area contributed by atoms with Crippen LogP contribution in [0.1, 0.15) is 23.5 Å². The van der Waals surface area contributed by atoms with Crippen molar-refractivity contribution in [1.82, 2.24) is 4.72 Å². The first-order valence-electron chi connectivity index (χ1n) is 5.83.